The standard InChI is InChI=1S/C38H44N2O4/c1-27-19-28(2)22-33(21-27)37(41)43-35-13-9-31(10-14-35)25-39-17-7-5-6-8-18-40-26-32-11-15-36(16-12-32)44-38(42)34-23-29(3)20-30(4)24-34/h9-16,19-24,39-40H,5-8,17-18,25-26H2,1-4H3. The van der Waals surface area contributed by atoms with E-state index in [9.17, 15) is 9.59 Å². The van der Waals surface area contributed by atoms with E-state index in [0.29, 0.717) is 22.6 Å². The van der Waals surface area contributed by atoms with E-state index in [0.717, 1.165) is 72.4 Å². The minimum atomic E-state index is -0.333. The SMILES string of the molecule is Cc1cc(C)cc(C(=O)Oc2ccc(CNCCCCCCNCc3ccc(OC(=O)c4cc(C)cc(C)c4)cc3)cc2)c1. The summed E-state index contributed by atoms with van der Waals surface area (Å²) in [6.45, 7) is 11.4. The summed E-state index contributed by atoms with van der Waals surface area (Å²) in [4.78, 5) is 24.9. The van der Waals surface area contributed by atoms with Gasteiger partial charge in [0, 0.05) is 13.1 Å². The molecule has 0 heterocycles. The Balaban J connectivity index is 1.03. The van der Waals surface area contributed by atoms with Crippen molar-refractivity contribution in [3.05, 3.63) is 129 Å². The highest BCUT2D eigenvalue weighted by atomic mass is 16.5. The van der Waals surface area contributed by atoms with Gasteiger partial charge in [0.2, 0.25) is 0 Å². The van der Waals surface area contributed by atoms with E-state index in [1.54, 1.807) is 0 Å². The maximum Gasteiger partial charge on any atom is 0.343 e. The molecule has 0 aliphatic heterocycles. The number of nitrogens with one attached hydrogen (secondary N) is 2. The van der Waals surface area contributed by atoms with Crippen molar-refractivity contribution < 1.29 is 19.1 Å². The van der Waals surface area contributed by atoms with Crippen LogP contribution in [0.3, 0.4) is 0 Å². The lowest BCUT2D eigenvalue weighted by Crippen LogP contribution is -2.16. The molecule has 0 spiro atoms. The third-order valence-corrected chi connectivity index (χ3v) is 7.30. The molecule has 44 heavy (non-hydrogen) atoms. The van der Waals surface area contributed by atoms with Crippen molar-refractivity contribution in [1.82, 2.24) is 10.6 Å². The van der Waals surface area contributed by atoms with Crippen molar-refractivity contribution in [3.8, 4) is 11.5 Å². The second-order valence-corrected chi connectivity index (χ2v) is 11.6. The quantitative estimate of drug-likeness (QED) is 0.0833. The first-order valence-electron chi connectivity index (χ1n) is 15.5. The second kappa shape index (κ2) is 16.6. The van der Waals surface area contributed by atoms with Crippen LogP contribution in [0.4, 0.5) is 0 Å². The molecule has 6 nitrogen and oxygen atoms in total. The monoisotopic (exact) mass is 592 g/mol. The molecular formula is C38H44N2O4. The lowest BCUT2D eigenvalue weighted by atomic mass is 10.1. The van der Waals surface area contributed by atoms with E-state index in [1.807, 2.05) is 113 Å². The topological polar surface area (TPSA) is 76.7 Å². The Kier molecular flexibility index (Phi) is 12.3. The molecule has 0 atom stereocenters. The number of carbonyl (C=O) groups excluding carboxylic acids is 2. The molecule has 0 amide bonds. The number of carbonyl (C=O) groups is 2. The van der Waals surface area contributed by atoms with Gasteiger partial charge in [-0.2, -0.15) is 0 Å². The van der Waals surface area contributed by atoms with Crippen LogP contribution in [0.2, 0.25) is 0 Å². The van der Waals surface area contributed by atoms with Gasteiger partial charge in [0.15, 0.2) is 0 Å². The molecule has 0 aromatic heterocycles. The molecular weight excluding hydrogens is 548 g/mol. The van der Waals surface area contributed by atoms with Crippen LogP contribution in [0.5, 0.6) is 11.5 Å². The van der Waals surface area contributed by atoms with E-state index < -0.39 is 0 Å². The van der Waals surface area contributed by atoms with Crippen molar-refractivity contribution in [3.63, 3.8) is 0 Å². The van der Waals surface area contributed by atoms with E-state index >= 15 is 0 Å². The summed E-state index contributed by atoms with van der Waals surface area (Å²) in [5, 5.41) is 7.00. The summed E-state index contributed by atoms with van der Waals surface area (Å²) >= 11 is 0. The summed E-state index contributed by atoms with van der Waals surface area (Å²) in [7, 11) is 0. The molecule has 0 aliphatic rings. The van der Waals surface area contributed by atoms with Crippen LogP contribution in [-0.2, 0) is 13.1 Å². The predicted molar refractivity (Wildman–Crippen MR) is 177 cm³/mol. The van der Waals surface area contributed by atoms with Gasteiger partial charge >= 0.3 is 11.9 Å². The highest BCUT2D eigenvalue weighted by Crippen LogP contribution is 2.18. The fraction of sp³-hybridized carbons (Fsp3) is 0.316. The molecule has 4 aromatic carbocycles. The van der Waals surface area contributed by atoms with Crippen LogP contribution in [0.15, 0.2) is 84.9 Å². The number of hydrogen-bond acceptors (Lipinski definition) is 6. The summed E-state index contributed by atoms with van der Waals surface area (Å²) in [6.07, 6.45) is 4.63. The Morgan fingerprint density at radius 2 is 0.841 bits per heavy atom. The first kappa shape index (κ1) is 32.6. The molecule has 0 saturated heterocycles. The van der Waals surface area contributed by atoms with Crippen molar-refractivity contribution in [1.29, 1.82) is 0 Å². The van der Waals surface area contributed by atoms with Crippen molar-refractivity contribution in [2.24, 2.45) is 0 Å². The smallest absolute Gasteiger partial charge is 0.343 e. The zero-order chi connectivity index (χ0) is 31.3. The molecule has 4 aromatic rings. The Bertz CT molecular complexity index is 1370. The van der Waals surface area contributed by atoms with Gasteiger partial charge in [-0.25, -0.2) is 9.59 Å². The molecule has 0 aliphatic carbocycles. The van der Waals surface area contributed by atoms with Gasteiger partial charge in [-0.05, 0) is 113 Å². The van der Waals surface area contributed by atoms with Crippen LogP contribution in [0, 0.1) is 27.7 Å². The summed E-state index contributed by atoms with van der Waals surface area (Å²) < 4.78 is 11.1. The van der Waals surface area contributed by atoms with Crippen LogP contribution >= 0.6 is 0 Å². The Labute approximate surface area is 261 Å². The number of ether oxygens (including phenoxy) is 2. The molecule has 230 valence electrons. The number of aryl methyl sites for hydroxylation is 4. The average molecular weight is 593 g/mol. The summed E-state index contributed by atoms with van der Waals surface area (Å²) in [5.41, 5.74) is 7.65. The Morgan fingerprint density at radius 1 is 0.500 bits per heavy atom. The van der Waals surface area contributed by atoms with Gasteiger partial charge in [-0.1, -0.05) is 71.5 Å². The lowest BCUT2D eigenvalue weighted by molar-refractivity contribution is 0.0725. The zero-order valence-electron chi connectivity index (χ0n) is 26.4. The number of esters is 2. The van der Waals surface area contributed by atoms with Gasteiger partial charge in [0.05, 0.1) is 11.1 Å². The van der Waals surface area contributed by atoms with Gasteiger partial charge < -0.3 is 20.1 Å². The third kappa shape index (κ3) is 10.8. The van der Waals surface area contributed by atoms with Gasteiger partial charge in [0.1, 0.15) is 11.5 Å². The molecule has 0 saturated carbocycles. The fourth-order valence-electron chi connectivity index (χ4n) is 5.19. The molecule has 0 bridgehead atoms. The molecule has 2 N–H and O–H groups in total. The highest BCUT2D eigenvalue weighted by molar-refractivity contribution is 5.92. The summed E-state index contributed by atoms with van der Waals surface area (Å²) in [6, 6.07) is 26.8. The molecule has 6 heteroatoms. The van der Waals surface area contributed by atoms with Gasteiger partial charge in [-0.15, -0.1) is 0 Å². The number of hydrogen-bond donors (Lipinski definition) is 2. The summed E-state index contributed by atoms with van der Waals surface area (Å²) in [5.74, 6) is 0.442. The highest BCUT2D eigenvalue weighted by Gasteiger charge is 2.11. The van der Waals surface area contributed by atoms with Crippen LogP contribution in [0.25, 0.3) is 0 Å². The third-order valence-electron chi connectivity index (χ3n) is 7.30. The Hall–Kier alpha value is -4.26. The predicted octanol–water partition coefficient (Wildman–Crippen LogP) is 7.80. The van der Waals surface area contributed by atoms with E-state index in [1.165, 1.54) is 12.8 Å². The number of benzene rings is 4. The van der Waals surface area contributed by atoms with E-state index in [4.69, 9.17) is 9.47 Å². The van der Waals surface area contributed by atoms with E-state index in [2.05, 4.69) is 10.6 Å². The normalized spacial score (nSPS) is 10.9. The van der Waals surface area contributed by atoms with Crippen molar-refractivity contribution in [2.75, 3.05) is 13.1 Å². The fourth-order valence-corrected chi connectivity index (χ4v) is 5.19. The minimum Gasteiger partial charge on any atom is -0.423 e. The number of unbranched alkanes of at least 4 members (excludes halogenated alkanes) is 3. The minimum absolute atomic E-state index is 0.333. The van der Waals surface area contributed by atoms with Crippen molar-refractivity contribution >= 4 is 11.9 Å². The number of rotatable bonds is 15. The first-order valence-corrected chi connectivity index (χ1v) is 15.5. The average Bonchev–Trinajstić information content (AvgIpc) is 2.98. The van der Waals surface area contributed by atoms with E-state index in [-0.39, 0.29) is 11.9 Å². The zero-order valence-corrected chi connectivity index (χ0v) is 26.4. The van der Waals surface area contributed by atoms with Gasteiger partial charge in [-0.3, -0.25) is 0 Å². The lowest BCUT2D eigenvalue weighted by Gasteiger charge is -2.09. The molecule has 0 radical (unpaired) electrons. The first-order chi connectivity index (χ1) is 21.2. The second-order valence-electron chi connectivity index (χ2n) is 11.6. The van der Waals surface area contributed by atoms with Gasteiger partial charge in [0.25, 0.3) is 0 Å². The molecule has 4 rings (SSSR count). The van der Waals surface area contributed by atoms with Crippen molar-refractivity contribution in [2.45, 2.75) is 66.5 Å². The van der Waals surface area contributed by atoms with Crippen LogP contribution in [0.1, 0.15) is 79.8 Å². The Morgan fingerprint density at radius 3 is 1.18 bits per heavy atom. The largest absolute Gasteiger partial charge is 0.423 e. The maximum absolute atomic E-state index is 12.5. The maximum atomic E-state index is 12.5. The van der Waals surface area contributed by atoms with Crippen LogP contribution in [-0.4, -0.2) is 25.0 Å². The molecule has 0 unspecified atom stereocenters. The van der Waals surface area contributed by atoms with Crippen LogP contribution < -0.4 is 20.1 Å². The molecule has 0 fully saturated rings.